The number of carbonyl (C=O) groups excluding carboxylic acids is 1. The minimum absolute atomic E-state index is 0.0186. The Balaban J connectivity index is 2.01. The van der Waals surface area contributed by atoms with Gasteiger partial charge in [0.05, 0.1) is 16.9 Å². The minimum Gasteiger partial charge on any atom is -0.481 e. The van der Waals surface area contributed by atoms with Crippen molar-refractivity contribution >= 4 is 33.3 Å². The number of benzene rings is 1. The SMILES string of the molecule is CCCS(=O)(=O)Nc1cccc(NC(=O)CC2(C(=O)O)CCC2)c1. The van der Waals surface area contributed by atoms with Crippen molar-refractivity contribution in [1.82, 2.24) is 0 Å². The van der Waals surface area contributed by atoms with Gasteiger partial charge in [-0.15, -0.1) is 0 Å². The molecule has 1 saturated carbocycles. The topological polar surface area (TPSA) is 113 Å². The standard InChI is InChI=1S/C16H22N2O5S/c1-2-9-24(22,23)18-13-6-3-5-12(10-13)17-14(19)11-16(15(20)21)7-4-8-16/h3,5-6,10,18H,2,4,7-9,11H2,1H3,(H,17,19)(H,20,21). The summed E-state index contributed by atoms with van der Waals surface area (Å²) in [5, 5.41) is 11.9. The number of carboxylic acids is 1. The summed E-state index contributed by atoms with van der Waals surface area (Å²) in [5.41, 5.74) is -0.167. The zero-order valence-electron chi connectivity index (χ0n) is 13.5. The third-order valence-corrected chi connectivity index (χ3v) is 5.65. The van der Waals surface area contributed by atoms with Crippen molar-refractivity contribution < 1.29 is 23.1 Å². The van der Waals surface area contributed by atoms with Crippen molar-refractivity contribution in [2.45, 2.75) is 39.0 Å². The van der Waals surface area contributed by atoms with Crippen LogP contribution in [-0.4, -0.2) is 31.2 Å². The average molecular weight is 354 g/mol. The van der Waals surface area contributed by atoms with Crippen molar-refractivity contribution in [1.29, 1.82) is 0 Å². The maximum atomic E-state index is 12.1. The summed E-state index contributed by atoms with van der Waals surface area (Å²) in [4.78, 5) is 23.4. The maximum absolute atomic E-state index is 12.1. The third kappa shape index (κ3) is 4.47. The van der Waals surface area contributed by atoms with Crippen LogP contribution in [0.25, 0.3) is 0 Å². The zero-order valence-corrected chi connectivity index (χ0v) is 14.4. The molecular weight excluding hydrogens is 332 g/mol. The normalized spacial score (nSPS) is 16.0. The first-order valence-electron chi connectivity index (χ1n) is 7.90. The van der Waals surface area contributed by atoms with Crippen molar-refractivity contribution in [3.63, 3.8) is 0 Å². The second kappa shape index (κ2) is 7.21. The van der Waals surface area contributed by atoms with Crippen LogP contribution in [0, 0.1) is 5.41 Å². The van der Waals surface area contributed by atoms with Crippen LogP contribution in [-0.2, 0) is 19.6 Å². The van der Waals surface area contributed by atoms with Crippen LogP contribution < -0.4 is 10.0 Å². The molecule has 8 heteroatoms. The molecule has 0 saturated heterocycles. The highest BCUT2D eigenvalue weighted by atomic mass is 32.2. The number of amides is 1. The van der Waals surface area contributed by atoms with Gasteiger partial charge in [0.1, 0.15) is 0 Å². The lowest BCUT2D eigenvalue weighted by atomic mass is 9.66. The molecule has 1 aromatic rings. The first kappa shape index (κ1) is 18.3. The molecule has 0 spiro atoms. The van der Waals surface area contributed by atoms with Crippen molar-refractivity contribution in [2.75, 3.05) is 15.8 Å². The van der Waals surface area contributed by atoms with Crippen LogP contribution >= 0.6 is 0 Å². The van der Waals surface area contributed by atoms with Gasteiger partial charge in [-0.2, -0.15) is 0 Å². The highest BCUT2D eigenvalue weighted by Gasteiger charge is 2.45. The van der Waals surface area contributed by atoms with Gasteiger partial charge in [0.25, 0.3) is 0 Å². The van der Waals surface area contributed by atoms with Crippen LogP contribution in [0.5, 0.6) is 0 Å². The average Bonchev–Trinajstić information content (AvgIpc) is 2.42. The monoisotopic (exact) mass is 354 g/mol. The molecule has 7 nitrogen and oxygen atoms in total. The first-order chi connectivity index (χ1) is 11.3. The minimum atomic E-state index is -3.41. The Morgan fingerprint density at radius 2 is 1.92 bits per heavy atom. The molecule has 1 aliphatic carbocycles. The highest BCUT2D eigenvalue weighted by molar-refractivity contribution is 7.92. The number of nitrogens with one attached hydrogen (secondary N) is 2. The van der Waals surface area contributed by atoms with Gasteiger partial charge >= 0.3 is 5.97 Å². The number of carboxylic acid groups (broad SMARTS) is 1. The van der Waals surface area contributed by atoms with E-state index in [9.17, 15) is 23.1 Å². The van der Waals surface area contributed by atoms with Crippen molar-refractivity contribution in [3.05, 3.63) is 24.3 Å². The number of hydrogen-bond acceptors (Lipinski definition) is 4. The molecule has 2 rings (SSSR count). The summed E-state index contributed by atoms with van der Waals surface area (Å²) in [5.74, 6) is -1.30. The van der Waals surface area contributed by atoms with E-state index in [4.69, 9.17) is 0 Å². The van der Waals surface area contributed by atoms with E-state index in [2.05, 4.69) is 10.0 Å². The molecule has 1 amide bonds. The lowest BCUT2D eigenvalue weighted by molar-refractivity contribution is -0.157. The van der Waals surface area contributed by atoms with Crippen LogP contribution in [0.4, 0.5) is 11.4 Å². The van der Waals surface area contributed by atoms with Gasteiger partial charge in [-0.1, -0.05) is 19.4 Å². The zero-order chi connectivity index (χ0) is 17.8. The lowest BCUT2D eigenvalue weighted by Gasteiger charge is -2.36. The molecule has 0 bridgehead atoms. The smallest absolute Gasteiger partial charge is 0.310 e. The Bertz CT molecular complexity index is 726. The lowest BCUT2D eigenvalue weighted by Crippen LogP contribution is -2.41. The molecule has 1 fully saturated rings. The molecule has 24 heavy (non-hydrogen) atoms. The third-order valence-electron chi connectivity index (χ3n) is 4.16. The Kier molecular flexibility index (Phi) is 5.48. The molecule has 3 N–H and O–H groups in total. The van der Waals surface area contributed by atoms with E-state index in [1.54, 1.807) is 25.1 Å². The Morgan fingerprint density at radius 1 is 1.25 bits per heavy atom. The molecule has 0 heterocycles. The van der Waals surface area contributed by atoms with Crippen LogP contribution in [0.15, 0.2) is 24.3 Å². The summed E-state index contributed by atoms with van der Waals surface area (Å²) in [6.45, 7) is 1.77. The number of hydrogen-bond donors (Lipinski definition) is 3. The Labute approximate surface area is 141 Å². The number of rotatable bonds is 8. The van der Waals surface area contributed by atoms with E-state index in [1.165, 1.54) is 6.07 Å². The predicted octanol–water partition coefficient (Wildman–Crippen LogP) is 2.42. The van der Waals surface area contributed by atoms with Gasteiger partial charge in [0.2, 0.25) is 15.9 Å². The summed E-state index contributed by atoms with van der Waals surface area (Å²) in [7, 11) is -3.41. The second-order valence-corrected chi connectivity index (χ2v) is 8.01. The molecule has 0 radical (unpaired) electrons. The fourth-order valence-electron chi connectivity index (χ4n) is 2.74. The largest absolute Gasteiger partial charge is 0.481 e. The van der Waals surface area contributed by atoms with Gasteiger partial charge in [0, 0.05) is 12.1 Å². The molecule has 0 aliphatic heterocycles. The van der Waals surface area contributed by atoms with Crippen molar-refractivity contribution in [3.8, 4) is 0 Å². The van der Waals surface area contributed by atoms with Crippen LogP contribution in [0.3, 0.4) is 0 Å². The fraction of sp³-hybridized carbons (Fsp3) is 0.500. The van der Waals surface area contributed by atoms with E-state index in [0.717, 1.165) is 6.42 Å². The van der Waals surface area contributed by atoms with Crippen LogP contribution in [0.1, 0.15) is 39.0 Å². The van der Waals surface area contributed by atoms with E-state index < -0.39 is 21.4 Å². The quantitative estimate of drug-likeness (QED) is 0.663. The van der Waals surface area contributed by atoms with Gasteiger partial charge < -0.3 is 10.4 Å². The molecular formula is C16H22N2O5S. The van der Waals surface area contributed by atoms with Crippen LogP contribution in [0.2, 0.25) is 0 Å². The number of sulfonamides is 1. The van der Waals surface area contributed by atoms with E-state index in [0.29, 0.717) is 30.6 Å². The first-order valence-corrected chi connectivity index (χ1v) is 9.55. The number of aliphatic carboxylic acids is 1. The van der Waals surface area contributed by atoms with E-state index >= 15 is 0 Å². The summed E-state index contributed by atoms with van der Waals surface area (Å²) >= 11 is 0. The predicted molar refractivity (Wildman–Crippen MR) is 91.3 cm³/mol. The van der Waals surface area contributed by atoms with Crippen molar-refractivity contribution in [2.24, 2.45) is 5.41 Å². The number of carbonyl (C=O) groups is 2. The molecule has 0 aromatic heterocycles. The number of anilines is 2. The molecule has 0 unspecified atom stereocenters. The summed E-state index contributed by atoms with van der Waals surface area (Å²) in [6, 6.07) is 6.35. The Morgan fingerprint density at radius 3 is 2.46 bits per heavy atom. The second-order valence-electron chi connectivity index (χ2n) is 6.17. The van der Waals surface area contributed by atoms with Gasteiger partial charge in [-0.05, 0) is 37.5 Å². The van der Waals surface area contributed by atoms with Gasteiger partial charge in [-0.3, -0.25) is 14.3 Å². The molecule has 0 atom stereocenters. The maximum Gasteiger partial charge on any atom is 0.310 e. The van der Waals surface area contributed by atoms with Gasteiger partial charge in [0.15, 0.2) is 0 Å². The molecule has 1 aromatic carbocycles. The molecule has 1 aliphatic rings. The van der Waals surface area contributed by atoms with Gasteiger partial charge in [-0.25, -0.2) is 8.42 Å². The summed E-state index contributed by atoms with van der Waals surface area (Å²) < 4.78 is 26.0. The molecule has 132 valence electrons. The van der Waals surface area contributed by atoms with E-state index in [-0.39, 0.29) is 18.1 Å². The highest BCUT2D eigenvalue weighted by Crippen LogP contribution is 2.44. The fourth-order valence-corrected chi connectivity index (χ4v) is 3.87. The van der Waals surface area contributed by atoms with E-state index in [1.807, 2.05) is 0 Å². The summed E-state index contributed by atoms with van der Waals surface area (Å²) in [6.07, 6.45) is 2.25. The Hall–Kier alpha value is -2.09.